The minimum Gasteiger partial charge on any atom is -0.448 e. The molecule has 0 radical (unpaired) electrons. The molecule has 3 N–H and O–H groups in total. The summed E-state index contributed by atoms with van der Waals surface area (Å²) in [6.45, 7) is 5.58. The Kier molecular flexibility index (Phi) is 5.86. The largest absolute Gasteiger partial charge is 0.448 e. The summed E-state index contributed by atoms with van der Waals surface area (Å²) in [5, 5.41) is 26.3. The van der Waals surface area contributed by atoms with Gasteiger partial charge in [0.25, 0.3) is 5.91 Å². The van der Waals surface area contributed by atoms with E-state index in [1.54, 1.807) is 25.1 Å². The highest BCUT2D eigenvalue weighted by Gasteiger charge is 2.75. The monoisotopic (exact) mass is 538 g/mol. The fourth-order valence-electron chi connectivity index (χ4n) is 8.38. The molecule has 208 valence electrons. The van der Waals surface area contributed by atoms with E-state index < -0.39 is 45.9 Å². The van der Waals surface area contributed by atoms with Crippen molar-refractivity contribution in [1.29, 1.82) is 0 Å². The first kappa shape index (κ1) is 26.2. The van der Waals surface area contributed by atoms with Crippen molar-refractivity contribution in [2.24, 2.45) is 28.6 Å². The molecule has 0 spiro atoms. The molecule has 3 saturated carbocycles. The Bertz CT molecular complexity index is 1370. The number of alkyl halides is 1. The molecule has 4 aliphatic carbocycles. The van der Waals surface area contributed by atoms with Gasteiger partial charge in [0, 0.05) is 16.7 Å². The van der Waals surface area contributed by atoms with Crippen LogP contribution in [-0.4, -0.2) is 57.4 Å². The summed E-state index contributed by atoms with van der Waals surface area (Å²) in [7, 11) is 0. The predicted octanol–water partition coefficient (Wildman–Crippen LogP) is 3.67. The number of carbonyl (C=O) groups excluding carboxylic acids is 2. The second-order valence-electron chi connectivity index (χ2n) is 12.2. The van der Waals surface area contributed by atoms with Crippen LogP contribution in [0.5, 0.6) is 6.08 Å². The summed E-state index contributed by atoms with van der Waals surface area (Å²) in [6, 6.07) is 7.27. The van der Waals surface area contributed by atoms with Gasteiger partial charge < -0.3 is 24.7 Å². The van der Waals surface area contributed by atoms with Crippen LogP contribution < -0.4 is 10.1 Å². The summed E-state index contributed by atoms with van der Waals surface area (Å²) in [4.78, 5) is 29.9. The highest BCUT2D eigenvalue weighted by atomic mass is 19.1. The maximum absolute atomic E-state index is 17.3. The van der Waals surface area contributed by atoms with Gasteiger partial charge in [0.05, 0.1) is 12.6 Å². The number of oxazole rings is 1. The number of benzene rings is 1. The average molecular weight is 539 g/mol. The number of amides is 1. The first-order chi connectivity index (χ1) is 18.4. The lowest BCUT2D eigenvalue weighted by Gasteiger charge is -2.62. The van der Waals surface area contributed by atoms with E-state index >= 15 is 4.39 Å². The second-order valence-corrected chi connectivity index (χ2v) is 12.2. The Morgan fingerprint density at radius 3 is 2.82 bits per heavy atom. The van der Waals surface area contributed by atoms with Crippen LogP contribution in [0.15, 0.2) is 52.5 Å². The molecule has 39 heavy (non-hydrogen) atoms. The highest BCUT2D eigenvalue weighted by Crippen LogP contribution is 2.70. The van der Waals surface area contributed by atoms with Crippen LogP contribution in [0.3, 0.4) is 0 Å². The number of hydrogen-bond donors (Lipinski definition) is 3. The van der Waals surface area contributed by atoms with Crippen molar-refractivity contribution in [2.75, 3.05) is 13.2 Å². The number of fused-ring (bicyclic) bond motifs is 6. The summed E-state index contributed by atoms with van der Waals surface area (Å²) >= 11 is 0. The smallest absolute Gasteiger partial charge is 0.394 e. The van der Waals surface area contributed by atoms with E-state index in [-0.39, 0.29) is 37.4 Å². The zero-order chi connectivity index (χ0) is 27.8. The number of aliphatic hydroxyl groups excluding tert-OH is 1. The van der Waals surface area contributed by atoms with Crippen LogP contribution in [0.1, 0.15) is 46.5 Å². The van der Waals surface area contributed by atoms with Gasteiger partial charge in [-0.1, -0.05) is 37.6 Å². The Morgan fingerprint density at radius 2 is 2.05 bits per heavy atom. The van der Waals surface area contributed by atoms with Gasteiger partial charge in [0.1, 0.15) is 12.1 Å². The van der Waals surface area contributed by atoms with Crippen LogP contribution in [0.25, 0.3) is 11.1 Å². The summed E-state index contributed by atoms with van der Waals surface area (Å²) in [5.41, 5.74) is -3.99. The van der Waals surface area contributed by atoms with Crippen molar-refractivity contribution in [2.45, 2.75) is 63.8 Å². The van der Waals surface area contributed by atoms with E-state index in [0.717, 1.165) is 0 Å². The lowest BCUT2D eigenvalue weighted by Crippen LogP contribution is -2.70. The standard InChI is InChI=1S/C30H35FN2O6/c1-17-14-21-20-9-8-18-15-19(34)10-11-27(18,2)29(20,31)24(35)16-28(21,3)30(17,37)25(36)32-12-13-38-26-33-22-6-4-5-7-23(22)39-26/h4-7,10-11,15,17,20-21,24,35,37H,8-9,12-14,16H2,1-3H3,(H,32,36). The highest BCUT2D eigenvalue weighted by molar-refractivity contribution is 6.01. The normalized spacial score (nSPS) is 41.0. The molecule has 2 aromatic rings. The summed E-state index contributed by atoms with van der Waals surface area (Å²) in [5.74, 6) is -2.06. The van der Waals surface area contributed by atoms with Gasteiger partial charge in [0.15, 0.2) is 22.6 Å². The maximum atomic E-state index is 17.3. The number of hydrogen-bond acceptors (Lipinski definition) is 7. The van der Waals surface area contributed by atoms with Crippen molar-refractivity contribution < 1.29 is 33.3 Å². The Morgan fingerprint density at radius 1 is 1.28 bits per heavy atom. The van der Waals surface area contributed by atoms with Gasteiger partial charge in [-0.3, -0.25) is 9.59 Å². The molecule has 4 aliphatic rings. The molecule has 1 aromatic carbocycles. The van der Waals surface area contributed by atoms with Gasteiger partial charge in [-0.05, 0) is 68.7 Å². The van der Waals surface area contributed by atoms with E-state index in [9.17, 15) is 19.8 Å². The number of carbonyl (C=O) groups is 2. The zero-order valence-electron chi connectivity index (χ0n) is 22.4. The topological polar surface area (TPSA) is 122 Å². The number of ether oxygens (including phenoxy) is 1. The Balaban J connectivity index is 1.20. The molecule has 0 saturated heterocycles. The molecule has 8 nitrogen and oxygen atoms in total. The molecule has 8 unspecified atom stereocenters. The average Bonchev–Trinajstić information content (AvgIpc) is 3.40. The SMILES string of the molecule is CC1CC2C3CCC4=CC(=O)C=CC4(C)C3(F)C(O)CC2(C)C1(O)C(=O)NCCOc1nc2ccccc2o1. The summed E-state index contributed by atoms with van der Waals surface area (Å²) in [6.07, 6.45) is 4.55. The van der Waals surface area contributed by atoms with Gasteiger partial charge >= 0.3 is 6.08 Å². The molecule has 8 atom stereocenters. The van der Waals surface area contributed by atoms with Crippen LogP contribution >= 0.6 is 0 Å². The lowest BCUT2D eigenvalue weighted by molar-refractivity contribution is -0.219. The number of ketones is 1. The molecular formula is C30H35FN2O6. The lowest BCUT2D eigenvalue weighted by atomic mass is 9.44. The van der Waals surface area contributed by atoms with Crippen molar-refractivity contribution >= 4 is 22.8 Å². The molecule has 1 heterocycles. The van der Waals surface area contributed by atoms with Crippen LogP contribution in [0.4, 0.5) is 4.39 Å². The van der Waals surface area contributed by atoms with Gasteiger partial charge in [-0.2, -0.15) is 4.98 Å². The van der Waals surface area contributed by atoms with Crippen LogP contribution in [0.2, 0.25) is 0 Å². The van der Waals surface area contributed by atoms with E-state index in [4.69, 9.17) is 9.15 Å². The third-order valence-corrected chi connectivity index (χ3v) is 10.5. The van der Waals surface area contributed by atoms with Gasteiger partial charge in [-0.15, -0.1) is 0 Å². The van der Waals surface area contributed by atoms with E-state index in [0.29, 0.717) is 35.9 Å². The molecule has 6 rings (SSSR count). The quantitative estimate of drug-likeness (QED) is 0.497. The van der Waals surface area contributed by atoms with Gasteiger partial charge in [-0.25, -0.2) is 4.39 Å². The molecule has 3 fully saturated rings. The minimum absolute atomic E-state index is 0.0665. The van der Waals surface area contributed by atoms with Crippen LogP contribution in [-0.2, 0) is 9.59 Å². The minimum atomic E-state index is -2.01. The third-order valence-electron chi connectivity index (χ3n) is 10.5. The van der Waals surface area contributed by atoms with Crippen molar-refractivity contribution in [3.63, 3.8) is 0 Å². The Hall–Kier alpha value is -3.04. The van der Waals surface area contributed by atoms with Crippen molar-refractivity contribution in [3.8, 4) is 6.08 Å². The Labute approximate surface area is 226 Å². The maximum Gasteiger partial charge on any atom is 0.394 e. The third kappa shape index (κ3) is 3.45. The number of nitrogens with zero attached hydrogens (tertiary/aromatic N) is 1. The van der Waals surface area contributed by atoms with Crippen molar-refractivity contribution in [1.82, 2.24) is 10.3 Å². The number of aromatic nitrogens is 1. The fraction of sp³-hybridized carbons (Fsp3) is 0.567. The van der Waals surface area contributed by atoms with Crippen molar-refractivity contribution in [3.05, 3.63) is 48.1 Å². The second kappa shape index (κ2) is 8.73. The summed E-state index contributed by atoms with van der Waals surface area (Å²) < 4.78 is 28.4. The fourth-order valence-corrected chi connectivity index (χ4v) is 8.38. The number of nitrogens with one attached hydrogen (secondary N) is 1. The first-order valence-electron chi connectivity index (χ1n) is 13.8. The van der Waals surface area contributed by atoms with Gasteiger partial charge in [0.2, 0.25) is 0 Å². The van der Waals surface area contributed by atoms with E-state index in [2.05, 4.69) is 10.3 Å². The number of allylic oxidation sites excluding steroid dienone is 4. The molecule has 0 bridgehead atoms. The first-order valence-corrected chi connectivity index (χ1v) is 13.8. The van der Waals surface area contributed by atoms with E-state index in [1.807, 2.05) is 26.0 Å². The molecule has 1 aromatic heterocycles. The number of halogens is 1. The molecule has 1 amide bonds. The molecule has 9 heteroatoms. The number of para-hydroxylation sites is 2. The molecular weight excluding hydrogens is 503 g/mol. The predicted molar refractivity (Wildman–Crippen MR) is 140 cm³/mol. The number of rotatable bonds is 5. The zero-order valence-corrected chi connectivity index (χ0v) is 22.4. The van der Waals surface area contributed by atoms with Crippen LogP contribution in [0, 0.1) is 28.6 Å². The number of aliphatic hydroxyl groups is 2. The molecule has 0 aliphatic heterocycles. The van der Waals surface area contributed by atoms with E-state index in [1.165, 1.54) is 12.2 Å².